The Morgan fingerprint density at radius 3 is 2.63 bits per heavy atom. The lowest BCUT2D eigenvalue weighted by molar-refractivity contribution is 0.136. The van der Waals surface area contributed by atoms with Crippen LogP contribution < -0.4 is 20.7 Å². The molecule has 0 radical (unpaired) electrons. The molecule has 162 valence electrons. The fourth-order valence-electron chi connectivity index (χ4n) is 3.67. The molecule has 1 fully saturated rings. The van der Waals surface area contributed by atoms with Crippen LogP contribution >= 0.6 is 0 Å². The van der Waals surface area contributed by atoms with Gasteiger partial charge in [-0.2, -0.15) is 0 Å². The summed E-state index contributed by atoms with van der Waals surface area (Å²) < 4.78 is 6.12. The van der Waals surface area contributed by atoms with Crippen molar-refractivity contribution in [3.05, 3.63) is 54.1 Å². The first kappa shape index (κ1) is 21.9. The zero-order valence-corrected chi connectivity index (χ0v) is 18.5. The molecule has 0 saturated heterocycles. The Labute approximate surface area is 180 Å². The van der Waals surface area contributed by atoms with Crippen LogP contribution in [0.4, 0.5) is 11.5 Å². The summed E-state index contributed by atoms with van der Waals surface area (Å²) in [5, 5.41) is 10.2. The molecule has 0 bridgehead atoms. The highest BCUT2D eigenvalue weighted by Crippen LogP contribution is 2.24. The molecular weight excluding hydrogens is 374 g/mol. The summed E-state index contributed by atoms with van der Waals surface area (Å²) in [5.74, 6) is 2.33. The standard InChI is InChI=1S/C24H35N5O/c1-5-6-13-25-23-15-24(27-16-26-23)30-22-11-9-20(10-12-22)28-19(4)29-21-8-7-17(2)18(3)14-21/h7-8,14-16,20,22,28-29H,4-6,9-13H2,1-3H3,(H,25,26,27)/t20-,22+. The highest BCUT2D eigenvalue weighted by atomic mass is 16.5. The van der Waals surface area contributed by atoms with Gasteiger partial charge in [-0.25, -0.2) is 9.97 Å². The predicted octanol–water partition coefficient (Wildman–Crippen LogP) is 5.17. The van der Waals surface area contributed by atoms with Crippen LogP contribution in [0.1, 0.15) is 56.6 Å². The van der Waals surface area contributed by atoms with Gasteiger partial charge in [-0.15, -0.1) is 0 Å². The lowest BCUT2D eigenvalue weighted by Crippen LogP contribution is -2.37. The van der Waals surface area contributed by atoms with Crippen molar-refractivity contribution in [1.82, 2.24) is 15.3 Å². The van der Waals surface area contributed by atoms with Crippen molar-refractivity contribution in [1.29, 1.82) is 0 Å². The van der Waals surface area contributed by atoms with Crippen LogP contribution in [0.15, 0.2) is 43.0 Å². The Balaban J connectivity index is 1.42. The largest absolute Gasteiger partial charge is 0.474 e. The second-order valence-electron chi connectivity index (χ2n) is 8.16. The Morgan fingerprint density at radius 1 is 1.10 bits per heavy atom. The molecule has 30 heavy (non-hydrogen) atoms. The molecule has 3 rings (SSSR count). The third-order valence-corrected chi connectivity index (χ3v) is 5.62. The number of nitrogens with one attached hydrogen (secondary N) is 3. The van der Waals surface area contributed by atoms with Gasteiger partial charge in [0.05, 0.1) is 5.82 Å². The normalized spacial score (nSPS) is 18.5. The van der Waals surface area contributed by atoms with Crippen molar-refractivity contribution in [3.63, 3.8) is 0 Å². The summed E-state index contributed by atoms with van der Waals surface area (Å²) in [7, 11) is 0. The molecular formula is C24H35N5O. The quantitative estimate of drug-likeness (QED) is 0.470. The first-order valence-corrected chi connectivity index (χ1v) is 11.1. The zero-order chi connectivity index (χ0) is 21.3. The minimum absolute atomic E-state index is 0.197. The Bertz CT molecular complexity index is 830. The van der Waals surface area contributed by atoms with Gasteiger partial charge in [0.2, 0.25) is 5.88 Å². The van der Waals surface area contributed by atoms with E-state index in [9.17, 15) is 0 Å². The number of unbranched alkanes of at least 4 members (excludes halogenated alkanes) is 1. The number of ether oxygens (including phenoxy) is 1. The van der Waals surface area contributed by atoms with E-state index in [0.29, 0.717) is 11.9 Å². The van der Waals surface area contributed by atoms with Crippen LogP contribution in [0.2, 0.25) is 0 Å². The van der Waals surface area contributed by atoms with Crippen LogP contribution in [0.25, 0.3) is 0 Å². The molecule has 1 aliphatic carbocycles. The SMILES string of the molecule is C=C(Nc1ccc(C)c(C)c1)N[C@H]1CC[C@@H](Oc2cc(NCCCC)ncn2)CC1. The molecule has 6 nitrogen and oxygen atoms in total. The minimum atomic E-state index is 0.197. The number of hydrogen-bond donors (Lipinski definition) is 3. The van der Waals surface area contributed by atoms with Crippen LogP contribution in [0, 0.1) is 13.8 Å². The maximum atomic E-state index is 6.12. The summed E-state index contributed by atoms with van der Waals surface area (Å²) in [6, 6.07) is 8.68. The van der Waals surface area contributed by atoms with Crippen LogP contribution in [-0.2, 0) is 0 Å². The first-order valence-electron chi connectivity index (χ1n) is 11.1. The smallest absolute Gasteiger partial charge is 0.218 e. The molecule has 0 atom stereocenters. The van der Waals surface area contributed by atoms with Gasteiger partial charge >= 0.3 is 0 Å². The average molecular weight is 410 g/mol. The molecule has 0 aliphatic heterocycles. The number of benzene rings is 1. The summed E-state index contributed by atoms with van der Waals surface area (Å²) >= 11 is 0. The van der Waals surface area contributed by atoms with E-state index in [4.69, 9.17) is 4.74 Å². The van der Waals surface area contributed by atoms with E-state index in [1.54, 1.807) is 6.33 Å². The lowest BCUT2D eigenvalue weighted by atomic mass is 9.93. The van der Waals surface area contributed by atoms with Gasteiger partial charge in [0.25, 0.3) is 0 Å². The number of aromatic nitrogens is 2. The predicted molar refractivity (Wildman–Crippen MR) is 124 cm³/mol. The highest BCUT2D eigenvalue weighted by Gasteiger charge is 2.23. The molecule has 1 aromatic heterocycles. The van der Waals surface area contributed by atoms with E-state index < -0.39 is 0 Å². The second-order valence-corrected chi connectivity index (χ2v) is 8.16. The van der Waals surface area contributed by atoms with E-state index in [-0.39, 0.29) is 6.10 Å². The number of aryl methyl sites for hydroxylation is 2. The van der Waals surface area contributed by atoms with Crippen molar-refractivity contribution in [2.75, 3.05) is 17.2 Å². The van der Waals surface area contributed by atoms with E-state index in [0.717, 1.165) is 62.4 Å². The number of hydrogen-bond acceptors (Lipinski definition) is 6. The Kier molecular flexibility index (Phi) is 7.94. The molecule has 0 amide bonds. The number of anilines is 2. The van der Waals surface area contributed by atoms with Gasteiger partial charge in [-0.05, 0) is 69.2 Å². The van der Waals surface area contributed by atoms with Gasteiger partial charge < -0.3 is 20.7 Å². The lowest BCUT2D eigenvalue weighted by Gasteiger charge is -2.30. The van der Waals surface area contributed by atoms with Gasteiger partial charge in [0, 0.05) is 24.3 Å². The van der Waals surface area contributed by atoms with Crippen LogP contribution in [-0.4, -0.2) is 28.7 Å². The molecule has 0 spiro atoms. The number of nitrogens with zero attached hydrogens (tertiary/aromatic N) is 2. The number of rotatable bonds is 10. The van der Waals surface area contributed by atoms with Gasteiger partial charge in [0.1, 0.15) is 18.2 Å². The van der Waals surface area contributed by atoms with Gasteiger partial charge in [-0.1, -0.05) is 26.0 Å². The molecule has 1 aliphatic rings. The van der Waals surface area contributed by atoms with Crippen molar-refractivity contribution < 1.29 is 4.74 Å². The van der Waals surface area contributed by atoms with Crippen LogP contribution in [0.3, 0.4) is 0 Å². The Morgan fingerprint density at radius 2 is 1.90 bits per heavy atom. The topological polar surface area (TPSA) is 71.1 Å². The molecule has 1 saturated carbocycles. The summed E-state index contributed by atoms with van der Waals surface area (Å²) in [5.41, 5.74) is 3.64. The average Bonchev–Trinajstić information content (AvgIpc) is 2.73. The zero-order valence-electron chi connectivity index (χ0n) is 18.5. The van der Waals surface area contributed by atoms with Crippen molar-refractivity contribution >= 4 is 11.5 Å². The summed E-state index contributed by atoms with van der Waals surface area (Å²) in [4.78, 5) is 8.54. The van der Waals surface area contributed by atoms with Crippen molar-refractivity contribution in [2.24, 2.45) is 0 Å². The maximum Gasteiger partial charge on any atom is 0.218 e. The van der Waals surface area contributed by atoms with Crippen molar-refractivity contribution in [3.8, 4) is 5.88 Å². The Hall–Kier alpha value is -2.76. The molecule has 1 heterocycles. The van der Waals surface area contributed by atoms with Crippen LogP contribution in [0.5, 0.6) is 5.88 Å². The van der Waals surface area contributed by atoms with E-state index >= 15 is 0 Å². The van der Waals surface area contributed by atoms with Gasteiger partial charge in [0.15, 0.2) is 0 Å². The van der Waals surface area contributed by atoms with E-state index in [2.05, 4.69) is 71.5 Å². The monoisotopic (exact) mass is 409 g/mol. The van der Waals surface area contributed by atoms with E-state index in [1.807, 2.05) is 6.07 Å². The summed E-state index contributed by atoms with van der Waals surface area (Å²) in [6.45, 7) is 11.5. The first-order chi connectivity index (χ1) is 14.5. The summed E-state index contributed by atoms with van der Waals surface area (Å²) in [6.07, 6.45) is 8.14. The highest BCUT2D eigenvalue weighted by molar-refractivity contribution is 5.51. The minimum Gasteiger partial charge on any atom is -0.474 e. The fraction of sp³-hybridized carbons (Fsp3) is 0.500. The molecule has 0 unspecified atom stereocenters. The third kappa shape index (κ3) is 6.65. The molecule has 6 heteroatoms. The molecule has 1 aromatic carbocycles. The van der Waals surface area contributed by atoms with E-state index in [1.165, 1.54) is 11.1 Å². The van der Waals surface area contributed by atoms with Crippen molar-refractivity contribution in [2.45, 2.75) is 71.4 Å². The second kappa shape index (κ2) is 10.9. The fourth-order valence-corrected chi connectivity index (χ4v) is 3.67. The third-order valence-electron chi connectivity index (χ3n) is 5.62. The molecule has 2 aromatic rings. The maximum absolute atomic E-state index is 6.12. The van der Waals surface area contributed by atoms with Gasteiger partial charge in [-0.3, -0.25) is 0 Å². The molecule has 3 N–H and O–H groups in total.